The van der Waals surface area contributed by atoms with Crippen molar-refractivity contribution in [2.45, 2.75) is 32.7 Å². The zero-order valence-electron chi connectivity index (χ0n) is 15.2. The van der Waals surface area contributed by atoms with Gasteiger partial charge < -0.3 is 14.8 Å². The molecule has 5 heteroatoms. The monoisotopic (exact) mass is 355 g/mol. The topological polar surface area (TPSA) is 64.6 Å². The number of rotatable bonds is 9. The first-order chi connectivity index (χ1) is 12.6. The molecule has 0 aliphatic carbocycles. The van der Waals surface area contributed by atoms with E-state index in [4.69, 9.17) is 9.47 Å². The Balaban J connectivity index is 1.87. The summed E-state index contributed by atoms with van der Waals surface area (Å²) in [5, 5.41) is 2.93. The Morgan fingerprint density at radius 2 is 1.69 bits per heavy atom. The molecule has 0 spiro atoms. The molecule has 2 aromatic carbocycles. The zero-order valence-corrected chi connectivity index (χ0v) is 15.2. The maximum absolute atomic E-state index is 12.2. The largest absolute Gasteiger partial charge is 0.494 e. The van der Waals surface area contributed by atoms with Crippen molar-refractivity contribution in [3.8, 4) is 5.75 Å². The number of hydrogen-bond donors (Lipinski definition) is 1. The van der Waals surface area contributed by atoms with E-state index >= 15 is 0 Å². The van der Waals surface area contributed by atoms with Crippen LogP contribution in [-0.4, -0.2) is 25.1 Å². The predicted molar refractivity (Wildman–Crippen MR) is 100 cm³/mol. The van der Waals surface area contributed by atoms with Gasteiger partial charge >= 0.3 is 5.97 Å². The number of nitrogens with one attached hydrogen (secondary N) is 1. The molecular weight excluding hydrogens is 330 g/mol. The van der Waals surface area contributed by atoms with Crippen molar-refractivity contribution in [2.75, 3.05) is 13.2 Å². The fourth-order valence-electron chi connectivity index (χ4n) is 2.60. The lowest BCUT2D eigenvalue weighted by molar-refractivity contribution is -0.125. The Labute approximate surface area is 154 Å². The standard InChI is InChI=1S/C21H25NO4/c1-3-8-19(16-9-6-5-7-10-16)22-20(23)15-26-21(24)17-11-13-18(14-12-17)25-4-2/h5-7,9-14,19H,3-4,8,15H2,1-2H3,(H,22,23)/t19-/m0/s1. The maximum Gasteiger partial charge on any atom is 0.338 e. The summed E-state index contributed by atoms with van der Waals surface area (Å²) in [6, 6.07) is 16.3. The van der Waals surface area contributed by atoms with Gasteiger partial charge in [0.1, 0.15) is 5.75 Å². The second kappa shape index (κ2) is 10.2. The molecule has 1 N–H and O–H groups in total. The van der Waals surface area contributed by atoms with Crippen LogP contribution in [0, 0.1) is 0 Å². The predicted octanol–water partition coefficient (Wildman–Crippen LogP) is 3.90. The van der Waals surface area contributed by atoms with Gasteiger partial charge in [-0.2, -0.15) is 0 Å². The third-order valence-corrected chi connectivity index (χ3v) is 3.85. The quantitative estimate of drug-likeness (QED) is 0.693. The molecule has 2 rings (SSSR count). The molecule has 0 fully saturated rings. The molecule has 0 bridgehead atoms. The zero-order chi connectivity index (χ0) is 18.8. The molecule has 1 amide bonds. The number of ether oxygens (including phenoxy) is 2. The molecule has 0 saturated heterocycles. The molecule has 5 nitrogen and oxygen atoms in total. The molecule has 0 saturated carbocycles. The minimum absolute atomic E-state index is 0.0853. The van der Waals surface area contributed by atoms with Crippen LogP contribution in [0.25, 0.3) is 0 Å². The molecule has 0 aliphatic heterocycles. The van der Waals surface area contributed by atoms with E-state index in [9.17, 15) is 9.59 Å². The smallest absolute Gasteiger partial charge is 0.338 e. The SMILES string of the molecule is CCC[C@H](NC(=O)COC(=O)c1ccc(OCC)cc1)c1ccccc1. The summed E-state index contributed by atoms with van der Waals surface area (Å²) in [6.07, 6.45) is 1.76. The molecule has 0 radical (unpaired) electrons. The minimum atomic E-state index is -0.532. The molecule has 0 unspecified atom stereocenters. The fraction of sp³-hybridized carbons (Fsp3) is 0.333. The lowest BCUT2D eigenvalue weighted by Gasteiger charge is -2.18. The van der Waals surface area contributed by atoms with Gasteiger partial charge in [-0.25, -0.2) is 4.79 Å². The van der Waals surface area contributed by atoms with Crippen LogP contribution in [-0.2, 0) is 9.53 Å². The van der Waals surface area contributed by atoms with E-state index in [2.05, 4.69) is 12.2 Å². The van der Waals surface area contributed by atoms with Crippen molar-refractivity contribution in [1.82, 2.24) is 5.32 Å². The van der Waals surface area contributed by atoms with E-state index in [1.165, 1.54) is 0 Å². The third-order valence-electron chi connectivity index (χ3n) is 3.85. The molecule has 138 valence electrons. The molecule has 0 aliphatic rings. The Bertz CT molecular complexity index is 698. The van der Waals surface area contributed by atoms with E-state index in [0.717, 1.165) is 18.4 Å². The van der Waals surface area contributed by atoms with Crippen molar-refractivity contribution in [1.29, 1.82) is 0 Å². The molecule has 0 heterocycles. The van der Waals surface area contributed by atoms with E-state index in [0.29, 0.717) is 17.9 Å². The average Bonchev–Trinajstić information content (AvgIpc) is 2.67. The van der Waals surface area contributed by atoms with Crippen LogP contribution in [0.3, 0.4) is 0 Å². The lowest BCUT2D eigenvalue weighted by Crippen LogP contribution is -2.32. The van der Waals surface area contributed by atoms with Crippen LogP contribution < -0.4 is 10.1 Å². The normalized spacial score (nSPS) is 11.5. The number of carbonyl (C=O) groups excluding carboxylic acids is 2. The van der Waals surface area contributed by atoms with E-state index in [1.54, 1.807) is 24.3 Å². The Morgan fingerprint density at radius 1 is 1.00 bits per heavy atom. The summed E-state index contributed by atoms with van der Waals surface area (Å²) in [5.74, 6) is -0.159. The van der Waals surface area contributed by atoms with Crippen molar-refractivity contribution in [2.24, 2.45) is 0 Å². The number of amides is 1. The van der Waals surface area contributed by atoms with E-state index < -0.39 is 5.97 Å². The van der Waals surface area contributed by atoms with Crippen LogP contribution in [0.15, 0.2) is 54.6 Å². The summed E-state index contributed by atoms with van der Waals surface area (Å²) < 4.78 is 10.4. The first-order valence-electron chi connectivity index (χ1n) is 8.88. The van der Waals surface area contributed by atoms with Crippen molar-refractivity contribution in [3.63, 3.8) is 0 Å². The summed E-state index contributed by atoms with van der Waals surface area (Å²) >= 11 is 0. The van der Waals surface area contributed by atoms with Crippen LogP contribution >= 0.6 is 0 Å². The highest BCUT2D eigenvalue weighted by Crippen LogP contribution is 2.18. The highest BCUT2D eigenvalue weighted by atomic mass is 16.5. The van der Waals surface area contributed by atoms with Crippen molar-refractivity contribution < 1.29 is 19.1 Å². The summed E-state index contributed by atoms with van der Waals surface area (Å²) in [5.41, 5.74) is 1.43. The fourth-order valence-corrected chi connectivity index (χ4v) is 2.60. The Kier molecular flexibility index (Phi) is 7.68. The highest BCUT2D eigenvalue weighted by molar-refractivity contribution is 5.91. The first kappa shape index (κ1) is 19.5. The van der Waals surface area contributed by atoms with Crippen LogP contribution in [0.2, 0.25) is 0 Å². The van der Waals surface area contributed by atoms with Crippen molar-refractivity contribution in [3.05, 3.63) is 65.7 Å². The van der Waals surface area contributed by atoms with Crippen LogP contribution in [0.5, 0.6) is 5.75 Å². The number of esters is 1. The van der Waals surface area contributed by atoms with Gasteiger partial charge in [-0.1, -0.05) is 43.7 Å². The molecule has 0 aromatic heterocycles. The van der Waals surface area contributed by atoms with Gasteiger partial charge in [0.25, 0.3) is 5.91 Å². The van der Waals surface area contributed by atoms with Gasteiger partial charge in [-0.3, -0.25) is 4.79 Å². The Hall–Kier alpha value is -2.82. The molecule has 2 aromatic rings. The van der Waals surface area contributed by atoms with Crippen LogP contribution in [0.1, 0.15) is 48.7 Å². The summed E-state index contributed by atoms with van der Waals surface area (Å²) in [4.78, 5) is 24.2. The van der Waals surface area contributed by atoms with E-state index in [-0.39, 0.29) is 18.6 Å². The van der Waals surface area contributed by atoms with Gasteiger partial charge in [0.05, 0.1) is 18.2 Å². The molecule has 1 atom stereocenters. The molecule has 26 heavy (non-hydrogen) atoms. The average molecular weight is 355 g/mol. The van der Waals surface area contributed by atoms with Crippen molar-refractivity contribution >= 4 is 11.9 Å². The minimum Gasteiger partial charge on any atom is -0.494 e. The maximum atomic E-state index is 12.2. The summed E-state index contributed by atoms with van der Waals surface area (Å²) in [7, 11) is 0. The number of carbonyl (C=O) groups is 2. The number of benzene rings is 2. The second-order valence-corrected chi connectivity index (χ2v) is 5.85. The third kappa shape index (κ3) is 5.92. The summed E-state index contributed by atoms with van der Waals surface area (Å²) in [6.45, 7) is 4.21. The Morgan fingerprint density at radius 3 is 2.31 bits per heavy atom. The van der Waals surface area contributed by atoms with Crippen LogP contribution in [0.4, 0.5) is 0 Å². The number of hydrogen-bond acceptors (Lipinski definition) is 4. The highest BCUT2D eigenvalue weighted by Gasteiger charge is 2.15. The van der Waals surface area contributed by atoms with Gasteiger partial charge in [0.15, 0.2) is 6.61 Å². The van der Waals surface area contributed by atoms with Gasteiger partial charge in [0.2, 0.25) is 0 Å². The molecular formula is C21H25NO4. The lowest BCUT2D eigenvalue weighted by atomic mass is 10.0. The van der Waals surface area contributed by atoms with E-state index in [1.807, 2.05) is 37.3 Å². The second-order valence-electron chi connectivity index (χ2n) is 5.85. The van der Waals surface area contributed by atoms with Gasteiger partial charge in [-0.05, 0) is 43.2 Å². The van der Waals surface area contributed by atoms with Gasteiger partial charge in [0, 0.05) is 0 Å². The first-order valence-corrected chi connectivity index (χ1v) is 8.88. The van der Waals surface area contributed by atoms with Gasteiger partial charge in [-0.15, -0.1) is 0 Å².